The molecule has 0 saturated heterocycles. The van der Waals surface area contributed by atoms with Gasteiger partial charge in [0.15, 0.2) is 0 Å². The molecule has 1 aliphatic rings. The topological polar surface area (TPSA) is 38.3 Å². The lowest BCUT2D eigenvalue weighted by atomic mass is 10.0. The summed E-state index contributed by atoms with van der Waals surface area (Å²) in [6.45, 7) is 5.14. The third-order valence-corrected chi connectivity index (χ3v) is 2.95. The molecule has 0 aromatic heterocycles. The van der Waals surface area contributed by atoms with Crippen LogP contribution in [0.5, 0.6) is 0 Å². The van der Waals surface area contributed by atoms with Gasteiger partial charge in [0.25, 0.3) is 0 Å². The number of ether oxygens (including phenoxy) is 1. The number of nitrogens with one attached hydrogen (secondary N) is 1. The zero-order valence-electron chi connectivity index (χ0n) is 10.5. The van der Waals surface area contributed by atoms with E-state index in [1.165, 1.54) is 7.11 Å². The van der Waals surface area contributed by atoms with E-state index >= 15 is 0 Å². The standard InChI is InChI=1S/C13H23NO2/c1-10(2)8-12(13(15)16-3)14-9-11-6-4-5-7-11/h4-5,10-12,14H,6-9H2,1-3H3. The molecular weight excluding hydrogens is 202 g/mol. The highest BCUT2D eigenvalue weighted by Gasteiger charge is 2.21. The van der Waals surface area contributed by atoms with Crippen LogP contribution in [0.2, 0.25) is 0 Å². The minimum absolute atomic E-state index is 0.139. The van der Waals surface area contributed by atoms with Gasteiger partial charge in [-0.3, -0.25) is 4.79 Å². The summed E-state index contributed by atoms with van der Waals surface area (Å²) in [5.74, 6) is 1.01. The molecule has 0 bridgehead atoms. The minimum atomic E-state index is -0.148. The van der Waals surface area contributed by atoms with Crippen LogP contribution in [-0.2, 0) is 9.53 Å². The molecule has 0 aromatic carbocycles. The maximum Gasteiger partial charge on any atom is 0.322 e. The number of carbonyl (C=O) groups is 1. The monoisotopic (exact) mass is 225 g/mol. The van der Waals surface area contributed by atoms with Gasteiger partial charge >= 0.3 is 5.97 Å². The SMILES string of the molecule is COC(=O)C(CC(C)C)NCC1CC=CC1. The van der Waals surface area contributed by atoms with Gasteiger partial charge in [-0.15, -0.1) is 0 Å². The number of allylic oxidation sites excluding steroid dienone is 2. The van der Waals surface area contributed by atoms with E-state index in [1.807, 2.05) is 0 Å². The molecule has 3 heteroatoms. The third-order valence-electron chi connectivity index (χ3n) is 2.95. The van der Waals surface area contributed by atoms with Crippen LogP contribution in [0, 0.1) is 11.8 Å². The average Bonchev–Trinajstić information content (AvgIpc) is 2.75. The van der Waals surface area contributed by atoms with Gasteiger partial charge in [0.05, 0.1) is 7.11 Å². The van der Waals surface area contributed by atoms with Crippen LogP contribution in [-0.4, -0.2) is 25.7 Å². The second kappa shape index (κ2) is 6.69. The predicted octanol–water partition coefficient (Wildman–Crippen LogP) is 2.13. The van der Waals surface area contributed by atoms with Gasteiger partial charge in [-0.2, -0.15) is 0 Å². The van der Waals surface area contributed by atoms with Crippen molar-refractivity contribution in [3.63, 3.8) is 0 Å². The summed E-state index contributed by atoms with van der Waals surface area (Å²) in [5, 5.41) is 3.33. The predicted molar refractivity (Wildman–Crippen MR) is 65.1 cm³/mol. The summed E-state index contributed by atoms with van der Waals surface area (Å²) in [7, 11) is 1.45. The first-order chi connectivity index (χ1) is 7.63. The molecule has 3 nitrogen and oxygen atoms in total. The van der Waals surface area contributed by atoms with E-state index in [2.05, 4.69) is 31.3 Å². The van der Waals surface area contributed by atoms with Gasteiger partial charge in [0.2, 0.25) is 0 Å². The second-order valence-corrected chi connectivity index (χ2v) is 4.92. The Balaban J connectivity index is 2.33. The van der Waals surface area contributed by atoms with Crippen molar-refractivity contribution in [2.75, 3.05) is 13.7 Å². The second-order valence-electron chi connectivity index (χ2n) is 4.92. The molecule has 1 rings (SSSR count). The van der Waals surface area contributed by atoms with E-state index in [9.17, 15) is 4.79 Å². The van der Waals surface area contributed by atoms with E-state index in [0.29, 0.717) is 11.8 Å². The minimum Gasteiger partial charge on any atom is -0.468 e. The van der Waals surface area contributed by atoms with Gasteiger partial charge in [0, 0.05) is 0 Å². The van der Waals surface area contributed by atoms with E-state index in [4.69, 9.17) is 4.74 Å². The largest absolute Gasteiger partial charge is 0.468 e. The lowest BCUT2D eigenvalue weighted by Gasteiger charge is -2.20. The van der Waals surface area contributed by atoms with E-state index in [1.54, 1.807) is 0 Å². The molecule has 0 spiro atoms. The number of methoxy groups -OCH3 is 1. The van der Waals surface area contributed by atoms with Crippen molar-refractivity contribution in [1.29, 1.82) is 0 Å². The Morgan fingerprint density at radius 2 is 2.06 bits per heavy atom. The fourth-order valence-electron chi connectivity index (χ4n) is 2.03. The van der Waals surface area contributed by atoms with E-state index < -0.39 is 0 Å². The van der Waals surface area contributed by atoms with E-state index in [-0.39, 0.29) is 12.0 Å². The summed E-state index contributed by atoms with van der Waals surface area (Å²) in [6, 6.07) is -0.148. The summed E-state index contributed by atoms with van der Waals surface area (Å²) in [4.78, 5) is 11.6. The molecular formula is C13H23NO2. The highest BCUT2D eigenvalue weighted by Crippen LogP contribution is 2.17. The first kappa shape index (κ1) is 13.2. The quantitative estimate of drug-likeness (QED) is 0.556. The van der Waals surface area contributed by atoms with Crippen LogP contribution in [0.1, 0.15) is 33.1 Å². The van der Waals surface area contributed by atoms with Crippen LogP contribution >= 0.6 is 0 Å². The smallest absolute Gasteiger partial charge is 0.322 e. The Labute approximate surface area is 98.2 Å². The summed E-state index contributed by atoms with van der Waals surface area (Å²) in [5.41, 5.74) is 0. The van der Waals surface area contributed by atoms with Crippen LogP contribution < -0.4 is 5.32 Å². The molecule has 1 atom stereocenters. The highest BCUT2D eigenvalue weighted by molar-refractivity contribution is 5.75. The number of carbonyl (C=O) groups excluding carboxylic acids is 1. The lowest BCUT2D eigenvalue weighted by molar-refractivity contribution is -0.143. The van der Waals surface area contributed by atoms with Crippen LogP contribution in [0.25, 0.3) is 0 Å². The zero-order chi connectivity index (χ0) is 12.0. The molecule has 1 N–H and O–H groups in total. The highest BCUT2D eigenvalue weighted by atomic mass is 16.5. The first-order valence-corrected chi connectivity index (χ1v) is 6.09. The van der Waals surface area contributed by atoms with E-state index in [0.717, 1.165) is 25.8 Å². The molecule has 0 saturated carbocycles. The number of hydrogen-bond donors (Lipinski definition) is 1. The Morgan fingerprint density at radius 1 is 1.44 bits per heavy atom. The fourth-order valence-corrected chi connectivity index (χ4v) is 2.03. The molecule has 0 aromatic rings. The summed E-state index contributed by atoms with van der Waals surface area (Å²) >= 11 is 0. The normalized spacial score (nSPS) is 18.0. The van der Waals surface area contributed by atoms with Gasteiger partial charge in [0.1, 0.15) is 6.04 Å². The summed E-state index contributed by atoms with van der Waals surface area (Å²) < 4.78 is 4.81. The molecule has 0 heterocycles. The van der Waals surface area contributed by atoms with Gasteiger partial charge in [-0.25, -0.2) is 0 Å². The van der Waals surface area contributed by atoms with Crippen molar-refractivity contribution in [1.82, 2.24) is 5.32 Å². The zero-order valence-corrected chi connectivity index (χ0v) is 10.5. The van der Waals surface area contributed by atoms with Crippen LogP contribution in [0.4, 0.5) is 0 Å². The Kier molecular flexibility index (Phi) is 5.53. The maximum absolute atomic E-state index is 11.6. The van der Waals surface area contributed by atoms with Gasteiger partial charge < -0.3 is 10.1 Å². The van der Waals surface area contributed by atoms with Crippen molar-refractivity contribution < 1.29 is 9.53 Å². The molecule has 16 heavy (non-hydrogen) atoms. The van der Waals surface area contributed by atoms with Crippen LogP contribution in [0.3, 0.4) is 0 Å². The number of hydrogen-bond acceptors (Lipinski definition) is 3. The average molecular weight is 225 g/mol. The maximum atomic E-state index is 11.6. The van der Waals surface area contributed by atoms with Crippen molar-refractivity contribution in [2.45, 2.75) is 39.2 Å². The molecule has 0 aliphatic heterocycles. The fraction of sp³-hybridized carbons (Fsp3) is 0.769. The van der Waals surface area contributed by atoms with Gasteiger partial charge in [-0.05, 0) is 37.6 Å². The molecule has 0 radical (unpaired) electrons. The molecule has 92 valence electrons. The molecule has 0 fully saturated rings. The van der Waals surface area contributed by atoms with Gasteiger partial charge in [-0.1, -0.05) is 26.0 Å². The van der Waals surface area contributed by atoms with Crippen LogP contribution in [0.15, 0.2) is 12.2 Å². The third kappa shape index (κ3) is 4.35. The number of rotatable bonds is 6. The van der Waals surface area contributed by atoms with Crippen molar-refractivity contribution >= 4 is 5.97 Å². The molecule has 0 amide bonds. The Bertz CT molecular complexity index is 240. The van der Waals surface area contributed by atoms with Crippen molar-refractivity contribution in [3.8, 4) is 0 Å². The van der Waals surface area contributed by atoms with Crippen molar-refractivity contribution in [2.24, 2.45) is 11.8 Å². The Hall–Kier alpha value is -0.830. The molecule has 1 aliphatic carbocycles. The number of esters is 1. The molecule has 1 unspecified atom stereocenters. The Morgan fingerprint density at radius 3 is 2.56 bits per heavy atom. The summed E-state index contributed by atoms with van der Waals surface area (Å²) in [6.07, 6.45) is 7.52. The first-order valence-electron chi connectivity index (χ1n) is 6.09. The lowest BCUT2D eigenvalue weighted by Crippen LogP contribution is -2.40. The van der Waals surface area contributed by atoms with Crippen molar-refractivity contribution in [3.05, 3.63) is 12.2 Å².